The molecule has 114 valence electrons. The van der Waals surface area contributed by atoms with Crippen LogP contribution in [-0.4, -0.2) is 16.5 Å². The van der Waals surface area contributed by atoms with Crippen LogP contribution in [0.2, 0.25) is 0 Å². The molecule has 6 heteroatoms. The van der Waals surface area contributed by atoms with Crippen molar-refractivity contribution in [3.05, 3.63) is 52.5 Å². The number of fused-ring (bicyclic) bond motifs is 1. The lowest BCUT2D eigenvalue weighted by Gasteiger charge is -2.11. The zero-order chi connectivity index (χ0) is 15.9. The average molecular weight is 370 g/mol. The van der Waals surface area contributed by atoms with E-state index >= 15 is 0 Å². The average Bonchev–Trinajstić information content (AvgIpc) is 2.88. The van der Waals surface area contributed by atoms with Crippen molar-refractivity contribution in [1.82, 2.24) is 4.98 Å². The van der Waals surface area contributed by atoms with Crippen LogP contribution in [0.25, 0.3) is 22.2 Å². The second-order valence-corrected chi connectivity index (χ2v) is 5.69. The number of hydrogen-bond acceptors (Lipinski definition) is 1. The van der Waals surface area contributed by atoms with Crippen molar-refractivity contribution >= 4 is 26.8 Å². The summed E-state index contributed by atoms with van der Waals surface area (Å²) in [7, 11) is 0. The smallest absolute Gasteiger partial charge is 0.273 e. The maximum atomic E-state index is 14.1. The zero-order valence-electron chi connectivity index (χ0n) is 11.2. The van der Waals surface area contributed by atoms with E-state index < -0.39 is 12.6 Å². The lowest BCUT2D eigenvalue weighted by atomic mass is 10.0. The van der Waals surface area contributed by atoms with Crippen molar-refractivity contribution in [2.24, 2.45) is 0 Å². The highest BCUT2D eigenvalue weighted by Gasteiger charge is 2.29. The molecule has 2 N–H and O–H groups in total. The molecule has 3 rings (SSSR count). The summed E-state index contributed by atoms with van der Waals surface area (Å²) >= 11 is 3.17. The fourth-order valence-corrected chi connectivity index (χ4v) is 2.87. The fraction of sp³-hybridized carbons (Fsp3) is 0.125. The van der Waals surface area contributed by atoms with Crippen LogP contribution in [0.4, 0.5) is 13.2 Å². The third-order valence-corrected chi connectivity index (χ3v) is 4.14. The summed E-state index contributed by atoms with van der Waals surface area (Å²) in [5, 5.41) is 10.5. The molecule has 0 aliphatic heterocycles. The number of benzene rings is 2. The minimum Gasteiger partial charge on any atom is -0.506 e. The Labute approximate surface area is 132 Å². The highest BCUT2D eigenvalue weighted by atomic mass is 79.9. The first-order chi connectivity index (χ1) is 10.5. The summed E-state index contributed by atoms with van der Waals surface area (Å²) in [5.41, 5.74) is 0.825. The standard InChI is InChI=1S/C16H11BrF3NO/c17-10-6-3-5-9(15(10)22)14-12(13(18)16(19)20)8-4-1-2-7-11(8)21-14/h1-7,13,16,21-22H. The van der Waals surface area contributed by atoms with Crippen LogP contribution in [0.1, 0.15) is 11.7 Å². The van der Waals surface area contributed by atoms with Crippen molar-refractivity contribution in [1.29, 1.82) is 0 Å². The Morgan fingerprint density at radius 3 is 2.45 bits per heavy atom. The monoisotopic (exact) mass is 369 g/mol. The van der Waals surface area contributed by atoms with Crippen molar-refractivity contribution in [2.45, 2.75) is 12.6 Å². The molecule has 0 saturated carbocycles. The summed E-state index contributed by atoms with van der Waals surface area (Å²) in [6, 6.07) is 11.4. The molecule has 0 fully saturated rings. The van der Waals surface area contributed by atoms with Crippen LogP contribution in [0.15, 0.2) is 46.9 Å². The van der Waals surface area contributed by atoms with Gasteiger partial charge in [-0.15, -0.1) is 0 Å². The van der Waals surface area contributed by atoms with Gasteiger partial charge in [0.05, 0.1) is 10.2 Å². The van der Waals surface area contributed by atoms with Crippen molar-refractivity contribution in [3.8, 4) is 17.0 Å². The molecule has 0 saturated heterocycles. The molecule has 22 heavy (non-hydrogen) atoms. The molecule has 3 aromatic rings. The Morgan fingerprint density at radius 2 is 1.73 bits per heavy atom. The van der Waals surface area contributed by atoms with E-state index in [1.165, 1.54) is 0 Å². The topological polar surface area (TPSA) is 36.0 Å². The lowest BCUT2D eigenvalue weighted by molar-refractivity contribution is 0.0506. The molecule has 2 nitrogen and oxygen atoms in total. The van der Waals surface area contributed by atoms with Crippen LogP contribution in [0.3, 0.4) is 0 Å². The summed E-state index contributed by atoms with van der Waals surface area (Å²) in [4.78, 5) is 2.93. The van der Waals surface area contributed by atoms with E-state index in [4.69, 9.17) is 0 Å². The number of aromatic hydroxyl groups is 1. The molecule has 0 spiro atoms. The first-order valence-corrected chi connectivity index (χ1v) is 7.30. The van der Waals surface area contributed by atoms with Gasteiger partial charge in [0.2, 0.25) is 0 Å². The second kappa shape index (κ2) is 5.68. The number of hydrogen-bond donors (Lipinski definition) is 2. The molecule has 2 aromatic carbocycles. The van der Waals surface area contributed by atoms with Crippen molar-refractivity contribution < 1.29 is 18.3 Å². The first kappa shape index (κ1) is 15.0. The number of alkyl halides is 3. The molecule has 0 bridgehead atoms. The van der Waals surface area contributed by atoms with Gasteiger partial charge in [-0.25, -0.2) is 13.2 Å². The van der Waals surface area contributed by atoms with Gasteiger partial charge in [0, 0.05) is 22.0 Å². The van der Waals surface area contributed by atoms with Crippen LogP contribution >= 0.6 is 15.9 Å². The molecule has 0 radical (unpaired) electrons. The Kier molecular flexibility index (Phi) is 3.87. The molecular weight excluding hydrogens is 359 g/mol. The van der Waals surface area contributed by atoms with E-state index in [0.29, 0.717) is 15.4 Å². The van der Waals surface area contributed by atoms with E-state index in [0.717, 1.165) is 0 Å². The number of rotatable bonds is 3. The number of nitrogens with one attached hydrogen (secondary N) is 1. The highest BCUT2D eigenvalue weighted by Crippen LogP contribution is 2.43. The van der Waals surface area contributed by atoms with Gasteiger partial charge in [0.15, 0.2) is 6.17 Å². The summed E-state index contributed by atoms with van der Waals surface area (Å²) in [5.74, 6) is -0.128. The quantitative estimate of drug-likeness (QED) is 0.621. The minimum atomic E-state index is -3.15. The molecule has 1 heterocycles. The SMILES string of the molecule is Oc1c(Br)cccc1-c1[nH]c2ccccc2c1C(F)C(F)F. The summed E-state index contributed by atoms with van der Waals surface area (Å²) in [6.07, 6.45) is -5.59. The number of halogens is 4. The number of aromatic nitrogens is 1. The van der Waals surface area contributed by atoms with Crippen molar-refractivity contribution in [3.63, 3.8) is 0 Å². The van der Waals surface area contributed by atoms with E-state index in [1.54, 1.807) is 42.5 Å². The maximum Gasteiger partial charge on any atom is 0.273 e. The highest BCUT2D eigenvalue weighted by molar-refractivity contribution is 9.10. The molecule has 1 aromatic heterocycles. The largest absolute Gasteiger partial charge is 0.506 e. The molecule has 1 unspecified atom stereocenters. The van der Waals surface area contributed by atoms with Crippen LogP contribution in [0, 0.1) is 0 Å². The lowest BCUT2D eigenvalue weighted by Crippen LogP contribution is -2.04. The maximum absolute atomic E-state index is 14.1. The third kappa shape index (κ3) is 2.37. The van der Waals surface area contributed by atoms with E-state index in [9.17, 15) is 18.3 Å². The van der Waals surface area contributed by atoms with Gasteiger partial charge in [-0.1, -0.05) is 24.3 Å². The van der Waals surface area contributed by atoms with Gasteiger partial charge in [-0.3, -0.25) is 0 Å². The Morgan fingerprint density at radius 1 is 1.00 bits per heavy atom. The van der Waals surface area contributed by atoms with Crippen molar-refractivity contribution in [2.75, 3.05) is 0 Å². The third-order valence-electron chi connectivity index (χ3n) is 3.50. The Bertz CT molecular complexity index is 831. The Balaban J connectivity index is 2.33. The number of para-hydroxylation sites is 2. The molecule has 0 amide bonds. The number of aromatic amines is 1. The van der Waals surface area contributed by atoms with E-state index in [-0.39, 0.29) is 22.6 Å². The van der Waals surface area contributed by atoms with Gasteiger partial charge in [-0.2, -0.15) is 0 Å². The first-order valence-electron chi connectivity index (χ1n) is 6.51. The normalized spacial score (nSPS) is 13.0. The molecular formula is C16H11BrF3NO. The van der Waals surface area contributed by atoms with Gasteiger partial charge < -0.3 is 10.1 Å². The summed E-state index contributed by atoms with van der Waals surface area (Å²) < 4.78 is 40.4. The molecule has 1 atom stereocenters. The number of phenols is 1. The minimum absolute atomic E-state index is 0.128. The van der Waals surface area contributed by atoms with Gasteiger partial charge in [0.1, 0.15) is 5.75 Å². The Hall–Kier alpha value is -1.95. The van der Waals surface area contributed by atoms with Crippen LogP contribution < -0.4 is 0 Å². The molecule has 0 aliphatic rings. The predicted octanol–water partition coefficient (Wildman–Crippen LogP) is 5.58. The fourth-order valence-electron chi connectivity index (χ4n) is 2.51. The van der Waals surface area contributed by atoms with Gasteiger partial charge in [0.25, 0.3) is 6.43 Å². The van der Waals surface area contributed by atoms with Gasteiger partial charge in [-0.05, 0) is 34.1 Å². The van der Waals surface area contributed by atoms with E-state index in [1.807, 2.05) is 0 Å². The van der Waals surface area contributed by atoms with Crippen LogP contribution in [-0.2, 0) is 0 Å². The zero-order valence-corrected chi connectivity index (χ0v) is 12.7. The number of H-pyrrole nitrogens is 1. The van der Waals surface area contributed by atoms with Gasteiger partial charge >= 0.3 is 0 Å². The summed E-state index contributed by atoms with van der Waals surface area (Å²) in [6.45, 7) is 0. The molecule has 0 aliphatic carbocycles. The van der Waals surface area contributed by atoms with Crippen LogP contribution in [0.5, 0.6) is 5.75 Å². The number of phenolic OH excluding ortho intramolecular Hbond substituents is 1. The van der Waals surface area contributed by atoms with E-state index in [2.05, 4.69) is 20.9 Å². The second-order valence-electron chi connectivity index (χ2n) is 4.83. The predicted molar refractivity (Wildman–Crippen MR) is 83.0 cm³/mol.